The highest BCUT2D eigenvalue weighted by Crippen LogP contribution is 2.49. The van der Waals surface area contributed by atoms with E-state index in [1.165, 1.54) is 30.9 Å². The molecule has 3 aliphatic heterocycles. The van der Waals surface area contributed by atoms with Crippen molar-refractivity contribution in [2.24, 2.45) is 0 Å². The van der Waals surface area contributed by atoms with E-state index in [-0.39, 0.29) is 43.5 Å². The summed E-state index contributed by atoms with van der Waals surface area (Å²) in [5.41, 5.74) is 1.29. The van der Waals surface area contributed by atoms with Crippen molar-refractivity contribution in [3.8, 4) is 23.3 Å². The lowest BCUT2D eigenvalue weighted by molar-refractivity contribution is -0.178. The molecule has 336 valence electrons. The SMILES string of the molecule is CCCCN1C(OC(=O)c2ccc(C#Cc3ccc4c(c3)C(C)(C)CCS4)nc2)Cc2cc3c(cc2[C@H]2C1C=C(OC)[C@H]2OC(=O)C(O)(CCCC(C)(C)O)CC(=O)OC)OCO3. The Morgan fingerprint density at radius 3 is 2.48 bits per heavy atom. The Hall–Kier alpha value is -5.07. The Bertz CT molecular complexity index is 2290. The Morgan fingerprint density at radius 1 is 1.00 bits per heavy atom. The summed E-state index contributed by atoms with van der Waals surface area (Å²) in [7, 11) is 2.65. The first-order valence-corrected chi connectivity index (χ1v) is 22.6. The van der Waals surface area contributed by atoms with Crippen LogP contribution < -0.4 is 9.47 Å². The molecule has 0 spiro atoms. The summed E-state index contributed by atoms with van der Waals surface area (Å²) in [4.78, 5) is 48.7. The Morgan fingerprint density at radius 2 is 1.78 bits per heavy atom. The number of carbonyl (C=O) groups is 3. The van der Waals surface area contributed by atoms with Crippen molar-refractivity contribution in [2.45, 2.75) is 132 Å². The maximum atomic E-state index is 14.2. The number of aliphatic hydroxyl groups is 2. The van der Waals surface area contributed by atoms with E-state index < -0.39 is 59.8 Å². The second kappa shape index (κ2) is 19.0. The minimum atomic E-state index is -2.26. The first kappa shape index (κ1) is 45.9. The third kappa shape index (κ3) is 10.3. The second-order valence-corrected chi connectivity index (χ2v) is 19.1. The molecule has 0 saturated carbocycles. The lowest BCUT2D eigenvalue weighted by Gasteiger charge is -2.36. The number of nitrogens with zero attached hydrogens (tertiary/aromatic N) is 2. The average molecular weight is 883 g/mol. The van der Waals surface area contributed by atoms with Crippen LogP contribution in [0.1, 0.15) is 124 Å². The van der Waals surface area contributed by atoms with E-state index in [0.717, 1.165) is 41.7 Å². The van der Waals surface area contributed by atoms with Gasteiger partial charge in [-0.05, 0) is 128 Å². The summed E-state index contributed by atoms with van der Waals surface area (Å²) in [6.07, 6.45) is 4.14. The quantitative estimate of drug-likeness (QED) is 0.0970. The van der Waals surface area contributed by atoms with Crippen LogP contribution in [0.25, 0.3) is 0 Å². The molecule has 3 unspecified atom stereocenters. The number of thioether (sulfide) groups is 1. The number of unbranched alkanes of at least 4 members (excludes halogenated alkanes) is 1. The van der Waals surface area contributed by atoms with Gasteiger partial charge in [0.05, 0.1) is 31.8 Å². The van der Waals surface area contributed by atoms with Gasteiger partial charge in [0.2, 0.25) is 6.79 Å². The van der Waals surface area contributed by atoms with Crippen LogP contribution in [-0.4, -0.2) is 101 Å². The summed E-state index contributed by atoms with van der Waals surface area (Å²) in [6, 6.07) is 12.9. The molecule has 0 fully saturated rings. The van der Waals surface area contributed by atoms with Crippen molar-refractivity contribution in [3.63, 3.8) is 0 Å². The van der Waals surface area contributed by atoms with Gasteiger partial charge in [-0.1, -0.05) is 33.1 Å². The summed E-state index contributed by atoms with van der Waals surface area (Å²) >= 11 is 1.88. The lowest BCUT2D eigenvalue weighted by atomic mass is 9.81. The zero-order valence-corrected chi connectivity index (χ0v) is 38.0. The lowest BCUT2D eigenvalue weighted by Crippen LogP contribution is -2.48. The van der Waals surface area contributed by atoms with E-state index in [1.54, 1.807) is 26.0 Å². The van der Waals surface area contributed by atoms with Gasteiger partial charge in [0.25, 0.3) is 0 Å². The summed E-state index contributed by atoms with van der Waals surface area (Å²) in [5, 5.41) is 22.2. The van der Waals surface area contributed by atoms with Crippen LogP contribution in [-0.2, 0) is 40.4 Å². The average Bonchev–Trinajstić information content (AvgIpc) is 3.83. The molecule has 2 aromatic carbocycles. The molecule has 0 radical (unpaired) electrons. The first-order valence-electron chi connectivity index (χ1n) is 21.7. The number of rotatable bonds is 14. The van der Waals surface area contributed by atoms with Crippen LogP contribution >= 0.6 is 11.8 Å². The molecular weight excluding hydrogens is 825 g/mol. The predicted octanol–water partition coefficient (Wildman–Crippen LogP) is 6.97. The van der Waals surface area contributed by atoms with Crippen LogP contribution in [0.4, 0.5) is 0 Å². The van der Waals surface area contributed by atoms with E-state index >= 15 is 0 Å². The summed E-state index contributed by atoms with van der Waals surface area (Å²) < 4.78 is 35.0. The number of benzene rings is 2. The normalized spacial score (nSPS) is 21.8. The summed E-state index contributed by atoms with van der Waals surface area (Å²) in [6.45, 7) is 10.4. The van der Waals surface area contributed by atoms with E-state index in [0.29, 0.717) is 29.5 Å². The molecule has 0 amide bonds. The van der Waals surface area contributed by atoms with Gasteiger partial charge in [-0.15, -0.1) is 11.8 Å². The van der Waals surface area contributed by atoms with E-state index in [2.05, 4.69) is 54.6 Å². The third-order valence-corrected chi connectivity index (χ3v) is 13.5. The fourth-order valence-corrected chi connectivity index (χ4v) is 10.2. The highest BCUT2D eigenvalue weighted by Gasteiger charge is 2.52. The van der Waals surface area contributed by atoms with Gasteiger partial charge < -0.3 is 38.6 Å². The van der Waals surface area contributed by atoms with Crippen LogP contribution in [0.2, 0.25) is 0 Å². The van der Waals surface area contributed by atoms with Gasteiger partial charge in [-0.25, -0.2) is 14.6 Å². The highest BCUT2D eigenvalue weighted by molar-refractivity contribution is 7.99. The maximum absolute atomic E-state index is 14.2. The Kier molecular flexibility index (Phi) is 13.8. The molecular formula is C49H58N2O11S. The van der Waals surface area contributed by atoms with Crippen molar-refractivity contribution in [1.82, 2.24) is 9.88 Å². The molecule has 1 aliphatic carbocycles. The van der Waals surface area contributed by atoms with Crippen LogP contribution in [0.15, 0.2) is 65.4 Å². The maximum Gasteiger partial charge on any atom is 0.341 e. The third-order valence-electron chi connectivity index (χ3n) is 12.4. The number of hydrogen-bond acceptors (Lipinski definition) is 14. The van der Waals surface area contributed by atoms with Crippen LogP contribution in [0.5, 0.6) is 11.5 Å². The zero-order valence-electron chi connectivity index (χ0n) is 37.2. The van der Waals surface area contributed by atoms with Gasteiger partial charge in [0.1, 0.15) is 11.5 Å². The number of methoxy groups -OCH3 is 2. The summed E-state index contributed by atoms with van der Waals surface area (Å²) in [5.74, 6) is 5.85. The van der Waals surface area contributed by atoms with Crippen molar-refractivity contribution in [2.75, 3.05) is 33.3 Å². The standard InChI is InChI=1S/C49H58N2O11S/c1-8-9-20-51-36-26-39(57-6)44(62-46(54)49(56,27-42(52)58-7)18-10-17-48(4,5)55)43(36)34-25-38-37(59-29-60-38)23-32(34)24-41(51)61-45(53)31-13-15-33(50-28-31)14-11-30-12-16-40-35(22-30)47(2,3)19-21-63-40/h12-13,15-16,22-23,25-26,28,36,41,43-44,55-56H,8-10,17-21,24,27,29H2,1-7H3/t36?,41?,43-,44+,49?/m0/s1. The van der Waals surface area contributed by atoms with E-state index in [4.69, 9.17) is 28.4 Å². The molecule has 1 aromatic heterocycles. The monoisotopic (exact) mass is 882 g/mol. The van der Waals surface area contributed by atoms with Gasteiger partial charge in [0, 0.05) is 41.6 Å². The van der Waals surface area contributed by atoms with Crippen molar-refractivity contribution in [3.05, 3.63) is 94.0 Å². The first-order chi connectivity index (χ1) is 30.0. The molecule has 2 N–H and O–H groups in total. The van der Waals surface area contributed by atoms with Crippen molar-refractivity contribution < 1.29 is 53.0 Å². The molecule has 3 aromatic rings. The highest BCUT2D eigenvalue weighted by atomic mass is 32.2. The molecule has 4 heterocycles. The van der Waals surface area contributed by atoms with Gasteiger partial charge in [-0.3, -0.25) is 9.69 Å². The molecule has 4 aliphatic rings. The molecule has 0 saturated heterocycles. The Balaban J connectivity index is 1.17. The molecule has 5 atom stereocenters. The predicted molar refractivity (Wildman–Crippen MR) is 235 cm³/mol. The minimum Gasteiger partial charge on any atom is -0.497 e. The van der Waals surface area contributed by atoms with Crippen molar-refractivity contribution in [1.29, 1.82) is 0 Å². The van der Waals surface area contributed by atoms with Crippen LogP contribution in [0.3, 0.4) is 0 Å². The molecule has 63 heavy (non-hydrogen) atoms. The number of fused-ring (bicyclic) bond motifs is 5. The van der Waals surface area contributed by atoms with Gasteiger partial charge >= 0.3 is 17.9 Å². The smallest absolute Gasteiger partial charge is 0.341 e. The molecule has 7 rings (SSSR count). The Labute approximate surface area is 373 Å². The number of ether oxygens (including phenoxy) is 6. The van der Waals surface area contributed by atoms with E-state index in [9.17, 15) is 24.6 Å². The van der Waals surface area contributed by atoms with Crippen LogP contribution in [0, 0.1) is 11.8 Å². The largest absolute Gasteiger partial charge is 0.497 e. The number of esters is 3. The fourth-order valence-electron chi connectivity index (χ4n) is 8.76. The number of carbonyl (C=O) groups excluding carboxylic acids is 3. The fraction of sp³-hybridized carbons (Fsp3) is 0.510. The number of hydrogen-bond donors (Lipinski definition) is 2. The van der Waals surface area contributed by atoms with Gasteiger partial charge in [0.15, 0.2) is 29.4 Å². The zero-order chi connectivity index (χ0) is 45.1. The molecule has 0 bridgehead atoms. The minimum absolute atomic E-state index is 0.0244. The molecule has 14 heteroatoms. The number of aromatic nitrogens is 1. The molecule has 13 nitrogen and oxygen atoms in total. The topological polar surface area (TPSA) is 163 Å². The van der Waals surface area contributed by atoms with E-state index in [1.807, 2.05) is 36.0 Å². The van der Waals surface area contributed by atoms with Crippen molar-refractivity contribution >= 4 is 29.7 Å². The number of pyridine rings is 1. The second-order valence-electron chi connectivity index (χ2n) is 18.0. The van der Waals surface area contributed by atoms with Gasteiger partial charge in [-0.2, -0.15) is 0 Å².